The topological polar surface area (TPSA) is 131 Å². The van der Waals surface area contributed by atoms with Gasteiger partial charge in [0.2, 0.25) is 23.6 Å². The van der Waals surface area contributed by atoms with Gasteiger partial charge < -0.3 is 30.0 Å². The lowest BCUT2D eigenvalue weighted by atomic mass is 9.87. The van der Waals surface area contributed by atoms with Crippen molar-refractivity contribution in [3.63, 3.8) is 0 Å². The third kappa shape index (κ3) is 3.72. The molecule has 0 radical (unpaired) electrons. The van der Waals surface area contributed by atoms with Gasteiger partial charge in [-0.3, -0.25) is 24.0 Å². The normalized spacial score (nSPS) is 48.9. The summed E-state index contributed by atoms with van der Waals surface area (Å²) < 4.78 is 0. The van der Waals surface area contributed by atoms with E-state index in [4.69, 9.17) is 0 Å². The Morgan fingerprint density at radius 3 is 1.13 bits per heavy atom. The number of carbonyl (C=O) groups excluding carboxylic acids is 4. The molecule has 10 rings (SSSR count). The van der Waals surface area contributed by atoms with Crippen molar-refractivity contribution in [3.8, 4) is 0 Å². The summed E-state index contributed by atoms with van der Waals surface area (Å²) in [7, 11) is 0. The van der Waals surface area contributed by atoms with E-state index in [-0.39, 0.29) is 95.6 Å². The first kappa shape index (κ1) is 28.3. The largest absolute Gasteiger partial charge is 0.481 e. The summed E-state index contributed by atoms with van der Waals surface area (Å²) in [4.78, 5) is 76.4. The van der Waals surface area contributed by atoms with Crippen LogP contribution in [0.15, 0.2) is 0 Å². The van der Waals surface area contributed by atoms with Crippen molar-refractivity contribution in [3.05, 3.63) is 0 Å². The highest BCUT2D eigenvalue weighted by atomic mass is 16.4. The first-order valence-corrected chi connectivity index (χ1v) is 18.6. The van der Waals surface area contributed by atoms with Crippen LogP contribution in [-0.2, 0) is 24.0 Å². The number of amides is 4. The average molecular weight is 634 g/mol. The SMILES string of the molecule is O=C(O)[C@H]1C[C@H]2CC[C@@H]1N2C(=O)[C@H]1C[C@H]2CC[C@@H]1N2C(=O)C1C[C@H]2CC[C@@H]1N2C(=O)[C@H]1C[C@H]2CC[C@@H]1N2C(=O)[C@H]1C[C@H]2CC[C@@H]1N2. The number of carbonyl (C=O) groups is 5. The van der Waals surface area contributed by atoms with Crippen LogP contribution < -0.4 is 5.32 Å². The van der Waals surface area contributed by atoms with Gasteiger partial charge in [0.15, 0.2) is 0 Å². The van der Waals surface area contributed by atoms with E-state index in [1.165, 1.54) is 6.42 Å². The quantitative estimate of drug-likeness (QED) is 0.472. The second-order valence-electron chi connectivity index (χ2n) is 16.8. The van der Waals surface area contributed by atoms with Gasteiger partial charge in [-0.2, -0.15) is 0 Å². The van der Waals surface area contributed by atoms with E-state index >= 15 is 0 Å². The Bertz CT molecular complexity index is 1400. The Morgan fingerprint density at radius 2 is 0.804 bits per heavy atom. The maximum atomic E-state index is 14.4. The summed E-state index contributed by atoms with van der Waals surface area (Å²) in [5, 5.41) is 13.3. The minimum Gasteiger partial charge on any atom is -0.481 e. The monoisotopic (exact) mass is 633 g/mol. The highest BCUT2D eigenvalue weighted by Gasteiger charge is 2.62. The van der Waals surface area contributed by atoms with Crippen molar-refractivity contribution in [2.24, 2.45) is 29.6 Å². The lowest BCUT2D eigenvalue weighted by Gasteiger charge is -2.33. The Kier molecular flexibility index (Phi) is 6.11. The fraction of sp³-hybridized carbons (Fsp3) is 0.857. The standard InChI is InChI=1S/C35H47N5O6/c41-31(21-11-16-1-6-26(21)36-16)37-17-2-7-27(37)22(12-17)32(42)38-18-3-8-28(38)23(13-18)33(43)39-19-4-9-29(39)24(14-19)34(44)40-20-5-10-30(40)25(15-20)35(45)46/h16-30,36H,1-15H2,(H,45,46)/t16-,17-,18-,19-,20-,21+,22+,23?,24+,25+,26+,27+,28+,29+,30+/m1/s1. The first-order valence-electron chi connectivity index (χ1n) is 18.6. The predicted octanol–water partition coefficient (Wildman–Crippen LogP) is 1.73. The summed E-state index contributed by atoms with van der Waals surface area (Å²) in [6.07, 6.45) is 13.0. The van der Waals surface area contributed by atoms with Gasteiger partial charge in [-0.25, -0.2) is 0 Å². The molecule has 248 valence electrons. The number of nitrogens with one attached hydrogen (secondary N) is 1. The molecule has 0 aromatic rings. The average Bonchev–Trinajstić information content (AvgIpc) is 3.93. The third-order valence-corrected chi connectivity index (χ3v) is 15.1. The fourth-order valence-corrected chi connectivity index (χ4v) is 13.3. The summed E-state index contributed by atoms with van der Waals surface area (Å²) in [6.45, 7) is 0. The Morgan fingerprint density at radius 1 is 0.435 bits per heavy atom. The molecule has 10 saturated heterocycles. The van der Waals surface area contributed by atoms with Crippen molar-refractivity contribution in [2.45, 2.75) is 157 Å². The highest BCUT2D eigenvalue weighted by molar-refractivity contribution is 5.90. The van der Waals surface area contributed by atoms with E-state index in [0.717, 1.165) is 70.6 Å². The van der Waals surface area contributed by atoms with Crippen LogP contribution in [0.3, 0.4) is 0 Å². The fourth-order valence-electron chi connectivity index (χ4n) is 13.3. The molecule has 0 aromatic heterocycles. The van der Waals surface area contributed by atoms with Crippen LogP contribution in [0.5, 0.6) is 0 Å². The maximum absolute atomic E-state index is 14.4. The van der Waals surface area contributed by atoms with Gasteiger partial charge in [-0.15, -0.1) is 0 Å². The zero-order valence-corrected chi connectivity index (χ0v) is 26.5. The summed E-state index contributed by atoms with van der Waals surface area (Å²) in [5.74, 6) is -1.15. The number of hydrogen-bond donors (Lipinski definition) is 2. The molecule has 0 aromatic carbocycles. The number of aliphatic carboxylic acids is 1. The van der Waals surface area contributed by atoms with E-state index < -0.39 is 11.9 Å². The molecule has 10 aliphatic heterocycles. The Hall–Kier alpha value is -2.69. The molecule has 2 N–H and O–H groups in total. The number of hydrogen-bond acceptors (Lipinski definition) is 6. The lowest BCUT2D eigenvalue weighted by molar-refractivity contribution is -0.144. The number of nitrogens with zero attached hydrogens (tertiary/aromatic N) is 4. The second kappa shape index (κ2) is 9.92. The van der Waals surface area contributed by atoms with Crippen molar-refractivity contribution in [2.75, 3.05) is 0 Å². The van der Waals surface area contributed by atoms with Crippen LogP contribution in [0.1, 0.15) is 96.3 Å². The van der Waals surface area contributed by atoms with Crippen LogP contribution in [0.25, 0.3) is 0 Å². The van der Waals surface area contributed by atoms with Gasteiger partial charge in [0.25, 0.3) is 0 Å². The molecule has 0 aliphatic carbocycles. The first-order chi connectivity index (χ1) is 22.3. The van der Waals surface area contributed by atoms with Crippen molar-refractivity contribution < 1.29 is 29.1 Å². The third-order valence-electron chi connectivity index (χ3n) is 15.1. The predicted molar refractivity (Wildman–Crippen MR) is 163 cm³/mol. The molecule has 10 bridgehead atoms. The number of rotatable bonds is 5. The molecule has 46 heavy (non-hydrogen) atoms. The molecule has 11 nitrogen and oxygen atoms in total. The molecular formula is C35H47N5O6. The van der Waals surface area contributed by atoms with Gasteiger partial charge in [-0.1, -0.05) is 0 Å². The van der Waals surface area contributed by atoms with E-state index in [1.54, 1.807) is 0 Å². The lowest BCUT2D eigenvalue weighted by Crippen LogP contribution is -2.49. The molecule has 11 heteroatoms. The minimum absolute atomic E-state index is 0.00100. The zero-order chi connectivity index (χ0) is 31.2. The van der Waals surface area contributed by atoms with Crippen LogP contribution in [-0.4, -0.2) is 115 Å². The minimum atomic E-state index is -0.798. The van der Waals surface area contributed by atoms with Gasteiger partial charge in [-0.05, 0) is 96.3 Å². The summed E-state index contributed by atoms with van der Waals surface area (Å²) in [6, 6.07) is 0.743. The number of carboxylic acids is 1. The molecule has 10 heterocycles. The van der Waals surface area contributed by atoms with Crippen molar-refractivity contribution in [1.82, 2.24) is 24.9 Å². The molecule has 1 unspecified atom stereocenters. The van der Waals surface area contributed by atoms with Gasteiger partial charge in [0.05, 0.1) is 29.6 Å². The van der Waals surface area contributed by atoms with E-state index in [9.17, 15) is 29.1 Å². The molecule has 4 amide bonds. The number of fused-ring (bicyclic) bond motifs is 10. The second-order valence-corrected chi connectivity index (χ2v) is 16.8. The van der Waals surface area contributed by atoms with Crippen LogP contribution in [0.2, 0.25) is 0 Å². The highest BCUT2D eigenvalue weighted by Crippen LogP contribution is 2.52. The molecule has 15 atom stereocenters. The Labute approximate surface area is 269 Å². The van der Waals surface area contributed by atoms with Crippen molar-refractivity contribution in [1.29, 1.82) is 0 Å². The zero-order valence-electron chi connectivity index (χ0n) is 26.5. The van der Waals surface area contributed by atoms with Gasteiger partial charge in [0.1, 0.15) is 0 Å². The van der Waals surface area contributed by atoms with Crippen LogP contribution >= 0.6 is 0 Å². The van der Waals surface area contributed by atoms with E-state index in [1.807, 2.05) is 9.80 Å². The molecule has 10 fully saturated rings. The summed E-state index contributed by atoms with van der Waals surface area (Å²) in [5.41, 5.74) is 0. The molecule has 0 saturated carbocycles. The molecular weight excluding hydrogens is 586 g/mol. The smallest absolute Gasteiger partial charge is 0.308 e. The van der Waals surface area contributed by atoms with Crippen LogP contribution in [0.4, 0.5) is 0 Å². The van der Waals surface area contributed by atoms with Gasteiger partial charge >= 0.3 is 5.97 Å². The van der Waals surface area contributed by atoms with Crippen LogP contribution in [0, 0.1) is 29.6 Å². The maximum Gasteiger partial charge on any atom is 0.308 e. The molecule has 0 spiro atoms. The molecule has 10 aliphatic rings. The Balaban J connectivity index is 0.828. The van der Waals surface area contributed by atoms with Gasteiger partial charge in [0, 0.05) is 60.4 Å². The van der Waals surface area contributed by atoms with E-state index in [2.05, 4.69) is 15.1 Å². The summed E-state index contributed by atoms with van der Waals surface area (Å²) >= 11 is 0. The number of carboxylic acid groups (broad SMARTS) is 1. The van der Waals surface area contributed by atoms with Crippen molar-refractivity contribution >= 4 is 29.6 Å². The van der Waals surface area contributed by atoms with E-state index in [0.29, 0.717) is 31.3 Å².